The summed E-state index contributed by atoms with van der Waals surface area (Å²) in [6.07, 6.45) is -0.235. The summed E-state index contributed by atoms with van der Waals surface area (Å²) in [5, 5.41) is 25.1. The molecular formula is C19H27N5O7. The first-order chi connectivity index (χ1) is 14.6. The lowest BCUT2D eigenvalue weighted by Gasteiger charge is -2.19. The maximum Gasteiger partial charge on any atom is 0.326 e. The van der Waals surface area contributed by atoms with E-state index in [1.54, 1.807) is 24.3 Å². The summed E-state index contributed by atoms with van der Waals surface area (Å²) < 4.78 is 0. The average Bonchev–Trinajstić information content (AvgIpc) is 2.73. The molecule has 9 N–H and O–H groups in total. The first-order valence-electron chi connectivity index (χ1n) is 9.43. The van der Waals surface area contributed by atoms with Crippen molar-refractivity contribution in [3.63, 3.8) is 0 Å². The molecule has 12 heteroatoms. The van der Waals surface area contributed by atoms with Gasteiger partial charge in [0.05, 0.1) is 19.2 Å². The van der Waals surface area contributed by atoms with E-state index in [1.165, 1.54) is 0 Å². The van der Waals surface area contributed by atoms with Gasteiger partial charge in [-0.15, -0.1) is 0 Å². The predicted octanol–water partition coefficient (Wildman–Crippen LogP) is -3.02. The van der Waals surface area contributed by atoms with Gasteiger partial charge in [0.2, 0.25) is 23.6 Å². The molecule has 4 amide bonds. The number of aliphatic hydroxyl groups excluding tert-OH is 1. The number of hydrogen-bond acceptors (Lipinski definition) is 7. The SMILES string of the molecule is NC(=O)CCC(NC(=O)CNC(=O)C(CO)NC(=O)C(N)Cc1ccccc1)C(=O)O. The minimum absolute atomic E-state index is 0.209. The van der Waals surface area contributed by atoms with E-state index < -0.39 is 60.9 Å². The van der Waals surface area contributed by atoms with Crippen molar-refractivity contribution in [2.75, 3.05) is 13.2 Å². The van der Waals surface area contributed by atoms with Crippen LogP contribution in [0.5, 0.6) is 0 Å². The Balaban J connectivity index is 2.52. The summed E-state index contributed by atoms with van der Waals surface area (Å²) in [4.78, 5) is 58.1. The molecular weight excluding hydrogens is 410 g/mol. The van der Waals surface area contributed by atoms with Gasteiger partial charge in [0.25, 0.3) is 0 Å². The lowest BCUT2D eigenvalue weighted by atomic mass is 10.1. The van der Waals surface area contributed by atoms with E-state index in [0.29, 0.717) is 0 Å². The Hall–Kier alpha value is -3.51. The largest absolute Gasteiger partial charge is 0.480 e. The Morgan fingerprint density at radius 1 is 0.968 bits per heavy atom. The van der Waals surface area contributed by atoms with Crippen LogP contribution in [0.3, 0.4) is 0 Å². The quantitative estimate of drug-likeness (QED) is 0.168. The molecule has 0 aliphatic carbocycles. The first kappa shape index (κ1) is 25.5. The van der Waals surface area contributed by atoms with Gasteiger partial charge in [-0.3, -0.25) is 19.2 Å². The molecule has 0 saturated heterocycles. The number of carbonyl (C=O) groups is 5. The molecule has 0 aliphatic rings. The summed E-state index contributed by atoms with van der Waals surface area (Å²) in [5.41, 5.74) is 11.6. The van der Waals surface area contributed by atoms with Gasteiger partial charge in [0.15, 0.2) is 0 Å². The zero-order valence-electron chi connectivity index (χ0n) is 16.7. The predicted molar refractivity (Wildman–Crippen MR) is 108 cm³/mol. The third-order valence-corrected chi connectivity index (χ3v) is 4.19. The van der Waals surface area contributed by atoms with Gasteiger partial charge in [0.1, 0.15) is 12.1 Å². The number of nitrogens with one attached hydrogen (secondary N) is 3. The van der Waals surface area contributed by atoms with E-state index in [1.807, 2.05) is 6.07 Å². The molecule has 1 aromatic rings. The van der Waals surface area contributed by atoms with Crippen molar-refractivity contribution in [3.8, 4) is 0 Å². The number of carbonyl (C=O) groups excluding carboxylic acids is 4. The summed E-state index contributed by atoms with van der Waals surface area (Å²) in [6, 6.07) is 5.29. The second kappa shape index (κ2) is 12.9. The second-order valence-corrected chi connectivity index (χ2v) is 6.72. The molecule has 1 aromatic carbocycles. The summed E-state index contributed by atoms with van der Waals surface area (Å²) in [6.45, 7) is -1.35. The van der Waals surface area contributed by atoms with Gasteiger partial charge in [-0.25, -0.2) is 4.79 Å². The first-order valence-corrected chi connectivity index (χ1v) is 9.43. The fraction of sp³-hybridized carbons (Fsp3) is 0.421. The van der Waals surface area contributed by atoms with Gasteiger partial charge >= 0.3 is 5.97 Å². The highest BCUT2D eigenvalue weighted by molar-refractivity contribution is 5.92. The van der Waals surface area contributed by atoms with E-state index in [4.69, 9.17) is 16.6 Å². The van der Waals surface area contributed by atoms with Crippen molar-refractivity contribution in [3.05, 3.63) is 35.9 Å². The van der Waals surface area contributed by atoms with Crippen LogP contribution in [0.4, 0.5) is 0 Å². The van der Waals surface area contributed by atoms with Gasteiger partial charge < -0.3 is 37.6 Å². The van der Waals surface area contributed by atoms with Crippen molar-refractivity contribution in [1.82, 2.24) is 16.0 Å². The summed E-state index contributed by atoms with van der Waals surface area (Å²) >= 11 is 0. The van der Waals surface area contributed by atoms with Gasteiger partial charge in [0, 0.05) is 6.42 Å². The van der Waals surface area contributed by atoms with Gasteiger partial charge in [-0.2, -0.15) is 0 Å². The molecule has 0 aliphatic heterocycles. The number of aliphatic hydroxyl groups is 1. The molecule has 0 aromatic heterocycles. The summed E-state index contributed by atoms with van der Waals surface area (Å²) in [7, 11) is 0. The number of hydrogen-bond donors (Lipinski definition) is 7. The Labute approximate surface area is 178 Å². The average molecular weight is 437 g/mol. The minimum Gasteiger partial charge on any atom is -0.480 e. The number of amides is 4. The van der Waals surface area contributed by atoms with Crippen LogP contribution in [0.1, 0.15) is 18.4 Å². The maximum absolute atomic E-state index is 12.2. The minimum atomic E-state index is -1.37. The van der Waals surface area contributed by atoms with Gasteiger partial charge in [-0.05, 0) is 18.4 Å². The monoisotopic (exact) mass is 437 g/mol. The van der Waals surface area contributed by atoms with Crippen molar-refractivity contribution in [2.24, 2.45) is 11.5 Å². The fourth-order valence-electron chi connectivity index (χ4n) is 2.51. The third kappa shape index (κ3) is 9.69. The Kier molecular flexibility index (Phi) is 10.6. The Morgan fingerprint density at radius 3 is 2.16 bits per heavy atom. The van der Waals surface area contributed by atoms with Crippen molar-refractivity contribution in [1.29, 1.82) is 0 Å². The number of carboxylic acids is 1. The maximum atomic E-state index is 12.2. The lowest BCUT2D eigenvalue weighted by molar-refractivity contribution is -0.142. The molecule has 0 radical (unpaired) electrons. The highest BCUT2D eigenvalue weighted by Gasteiger charge is 2.25. The molecule has 0 heterocycles. The van der Waals surface area contributed by atoms with Crippen molar-refractivity contribution < 1.29 is 34.2 Å². The molecule has 12 nitrogen and oxygen atoms in total. The highest BCUT2D eigenvalue weighted by atomic mass is 16.4. The Bertz CT molecular complexity index is 787. The zero-order valence-corrected chi connectivity index (χ0v) is 16.7. The molecule has 3 unspecified atom stereocenters. The van der Waals surface area contributed by atoms with E-state index in [-0.39, 0.29) is 19.3 Å². The number of aliphatic carboxylic acids is 1. The number of primary amides is 1. The van der Waals surface area contributed by atoms with Crippen LogP contribution in [0.25, 0.3) is 0 Å². The van der Waals surface area contributed by atoms with Crippen LogP contribution >= 0.6 is 0 Å². The van der Waals surface area contributed by atoms with Crippen LogP contribution in [-0.2, 0) is 30.4 Å². The fourth-order valence-corrected chi connectivity index (χ4v) is 2.51. The van der Waals surface area contributed by atoms with Crippen LogP contribution in [-0.4, -0.2) is 71.1 Å². The van der Waals surface area contributed by atoms with Gasteiger partial charge in [-0.1, -0.05) is 30.3 Å². The number of rotatable bonds is 13. The van der Waals surface area contributed by atoms with Crippen LogP contribution in [0, 0.1) is 0 Å². The Morgan fingerprint density at radius 2 is 1.61 bits per heavy atom. The number of benzene rings is 1. The molecule has 3 atom stereocenters. The molecule has 0 bridgehead atoms. The lowest BCUT2D eigenvalue weighted by Crippen LogP contribution is -2.55. The molecule has 0 saturated carbocycles. The van der Waals surface area contributed by atoms with E-state index in [2.05, 4.69) is 16.0 Å². The van der Waals surface area contributed by atoms with E-state index in [9.17, 15) is 29.1 Å². The van der Waals surface area contributed by atoms with Crippen LogP contribution in [0.2, 0.25) is 0 Å². The molecule has 31 heavy (non-hydrogen) atoms. The second-order valence-electron chi connectivity index (χ2n) is 6.72. The van der Waals surface area contributed by atoms with Crippen molar-refractivity contribution >= 4 is 29.6 Å². The standard InChI is InChI=1S/C19H27N5O7/c20-12(8-11-4-2-1-3-5-11)17(28)24-14(10-25)18(29)22-9-16(27)23-13(19(30)31)6-7-15(21)26/h1-5,12-14,25H,6-10,20H2,(H2,21,26)(H,22,29)(H,23,27)(H,24,28)(H,30,31). The normalized spacial score (nSPS) is 13.4. The molecule has 0 spiro atoms. The molecule has 1 rings (SSSR count). The van der Waals surface area contributed by atoms with Crippen molar-refractivity contribution in [2.45, 2.75) is 37.4 Å². The topological polar surface area (TPSA) is 214 Å². The van der Waals surface area contributed by atoms with Crippen LogP contribution in [0.15, 0.2) is 30.3 Å². The van der Waals surface area contributed by atoms with Crippen LogP contribution < -0.4 is 27.4 Å². The smallest absolute Gasteiger partial charge is 0.326 e. The third-order valence-electron chi connectivity index (χ3n) is 4.19. The van der Waals surface area contributed by atoms with E-state index >= 15 is 0 Å². The number of nitrogens with two attached hydrogens (primary N) is 2. The summed E-state index contributed by atoms with van der Waals surface area (Å²) in [5.74, 6) is -4.45. The number of carboxylic acid groups (broad SMARTS) is 1. The van der Waals surface area contributed by atoms with E-state index in [0.717, 1.165) is 5.56 Å². The highest BCUT2D eigenvalue weighted by Crippen LogP contribution is 2.02. The zero-order chi connectivity index (χ0) is 23.4. The molecule has 0 fully saturated rings. The molecule has 170 valence electrons.